The van der Waals surface area contributed by atoms with Crippen molar-refractivity contribution >= 4 is 22.8 Å². The number of ether oxygens (including phenoxy) is 1. The Morgan fingerprint density at radius 1 is 1.11 bits per heavy atom. The molecule has 4 rings (SSSR count). The van der Waals surface area contributed by atoms with Crippen LogP contribution in [0.3, 0.4) is 0 Å². The maximum absolute atomic E-state index is 12.6. The van der Waals surface area contributed by atoms with Crippen LogP contribution in [0.25, 0.3) is 10.9 Å². The number of aryl methyl sites for hydroxylation is 1. The SMILES string of the molecule is COc1ccc2nc(C)nc(N3CCN(C(=O)NC4CCCCC4)CC3)c2c1. The number of aromatic nitrogens is 2. The average Bonchev–Trinajstić information content (AvgIpc) is 2.73. The third-order valence-electron chi connectivity index (χ3n) is 5.79. The zero-order chi connectivity index (χ0) is 19.5. The number of carbonyl (C=O) groups excluding carboxylic acids is 1. The summed E-state index contributed by atoms with van der Waals surface area (Å²) in [5.41, 5.74) is 0.917. The zero-order valence-corrected chi connectivity index (χ0v) is 16.8. The Bertz CT molecular complexity index is 842. The molecule has 2 fully saturated rings. The van der Waals surface area contributed by atoms with E-state index in [1.165, 1.54) is 19.3 Å². The predicted octanol–water partition coefficient (Wildman–Crippen LogP) is 3.11. The number of nitrogens with zero attached hydrogens (tertiary/aromatic N) is 4. The normalized spacial score (nSPS) is 18.4. The van der Waals surface area contributed by atoms with Crippen LogP contribution in [0, 0.1) is 6.92 Å². The molecule has 2 amide bonds. The van der Waals surface area contributed by atoms with Crippen molar-refractivity contribution in [2.75, 3.05) is 38.2 Å². The fourth-order valence-corrected chi connectivity index (χ4v) is 4.21. The van der Waals surface area contributed by atoms with E-state index < -0.39 is 0 Å². The number of nitrogens with one attached hydrogen (secondary N) is 1. The predicted molar refractivity (Wildman–Crippen MR) is 110 cm³/mol. The number of rotatable bonds is 3. The Labute approximate surface area is 166 Å². The van der Waals surface area contributed by atoms with E-state index in [1.807, 2.05) is 30.0 Å². The molecule has 1 N–H and O–H groups in total. The van der Waals surface area contributed by atoms with Crippen LogP contribution >= 0.6 is 0 Å². The van der Waals surface area contributed by atoms with Gasteiger partial charge in [0.25, 0.3) is 0 Å². The number of urea groups is 1. The first-order valence-corrected chi connectivity index (χ1v) is 10.3. The van der Waals surface area contributed by atoms with E-state index in [-0.39, 0.29) is 6.03 Å². The number of piperazine rings is 1. The molecule has 1 aliphatic heterocycles. The topological polar surface area (TPSA) is 70.6 Å². The number of hydrogen-bond acceptors (Lipinski definition) is 5. The fourth-order valence-electron chi connectivity index (χ4n) is 4.21. The third kappa shape index (κ3) is 3.98. The highest BCUT2D eigenvalue weighted by atomic mass is 16.5. The van der Waals surface area contributed by atoms with Gasteiger partial charge >= 0.3 is 6.03 Å². The summed E-state index contributed by atoms with van der Waals surface area (Å²) in [6.45, 7) is 4.85. The van der Waals surface area contributed by atoms with Gasteiger partial charge in [0.2, 0.25) is 0 Å². The molecule has 0 atom stereocenters. The number of amides is 2. The molecule has 7 heteroatoms. The highest BCUT2D eigenvalue weighted by molar-refractivity contribution is 5.91. The van der Waals surface area contributed by atoms with Crippen LogP contribution in [0.5, 0.6) is 5.75 Å². The van der Waals surface area contributed by atoms with Crippen molar-refractivity contribution in [2.24, 2.45) is 0 Å². The van der Waals surface area contributed by atoms with Crippen molar-refractivity contribution in [3.63, 3.8) is 0 Å². The van der Waals surface area contributed by atoms with E-state index in [0.29, 0.717) is 19.1 Å². The van der Waals surface area contributed by atoms with Gasteiger partial charge in [0.05, 0.1) is 12.6 Å². The molecule has 2 heterocycles. The van der Waals surface area contributed by atoms with Crippen molar-refractivity contribution in [1.29, 1.82) is 0 Å². The second kappa shape index (κ2) is 8.20. The van der Waals surface area contributed by atoms with Gasteiger partial charge in [-0.2, -0.15) is 0 Å². The van der Waals surface area contributed by atoms with Crippen LogP contribution in [-0.2, 0) is 0 Å². The van der Waals surface area contributed by atoms with Gasteiger partial charge in [0, 0.05) is 37.6 Å². The Balaban J connectivity index is 1.45. The van der Waals surface area contributed by atoms with Crippen LogP contribution in [0.15, 0.2) is 18.2 Å². The standard InChI is InChI=1S/C21H29N5O2/c1-15-22-19-9-8-17(28-2)14-18(19)20(23-15)25-10-12-26(13-11-25)21(27)24-16-6-4-3-5-7-16/h8-9,14,16H,3-7,10-13H2,1-2H3,(H,24,27). The summed E-state index contributed by atoms with van der Waals surface area (Å²) in [5.74, 6) is 2.48. The van der Waals surface area contributed by atoms with E-state index in [0.717, 1.165) is 54.2 Å². The Kier molecular flexibility index (Phi) is 5.50. The molecule has 1 aromatic heterocycles. The quantitative estimate of drug-likeness (QED) is 0.882. The van der Waals surface area contributed by atoms with E-state index in [9.17, 15) is 4.79 Å². The number of fused-ring (bicyclic) bond motifs is 1. The zero-order valence-electron chi connectivity index (χ0n) is 16.8. The minimum absolute atomic E-state index is 0.0805. The van der Waals surface area contributed by atoms with E-state index in [2.05, 4.69) is 15.2 Å². The minimum atomic E-state index is 0.0805. The molecule has 1 aliphatic carbocycles. The van der Waals surface area contributed by atoms with E-state index in [4.69, 9.17) is 9.72 Å². The Morgan fingerprint density at radius 2 is 1.86 bits per heavy atom. The summed E-state index contributed by atoms with van der Waals surface area (Å²) < 4.78 is 5.38. The molecule has 2 aromatic rings. The molecule has 0 bridgehead atoms. The maximum Gasteiger partial charge on any atom is 0.317 e. The van der Waals surface area contributed by atoms with Crippen LogP contribution in [-0.4, -0.2) is 60.2 Å². The molecule has 1 saturated heterocycles. The molecular weight excluding hydrogens is 354 g/mol. The first-order chi connectivity index (χ1) is 13.6. The molecule has 0 spiro atoms. The summed E-state index contributed by atoms with van der Waals surface area (Å²) in [5, 5.41) is 4.21. The first kappa shape index (κ1) is 18.8. The van der Waals surface area contributed by atoms with Crippen LogP contribution in [0.1, 0.15) is 37.9 Å². The van der Waals surface area contributed by atoms with Gasteiger partial charge in [-0.1, -0.05) is 19.3 Å². The molecule has 28 heavy (non-hydrogen) atoms. The average molecular weight is 383 g/mol. The van der Waals surface area contributed by atoms with Crippen LogP contribution in [0.2, 0.25) is 0 Å². The highest BCUT2D eigenvalue weighted by Gasteiger charge is 2.25. The number of hydrogen-bond donors (Lipinski definition) is 1. The second-order valence-corrected chi connectivity index (χ2v) is 7.74. The maximum atomic E-state index is 12.6. The van der Waals surface area contributed by atoms with Gasteiger partial charge in [-0.15, -0.1) is 0 Å². The number of methoxy groups -OCH3 is 1. The molecule has 1 saturated carbocycles. The minimum Gasteiger partial charge on any atom is -0.497 e. The summed E-state index contributed by atoms with van der Waals surface area (Å²) in [6, 6.07) is 6.32. The number of anilines is 1. The van der Waals surface area contributed by atoms with Gasteiger partial charge in [-0.05, 0) is 38.0 Å². The first-order valence-electron chi connectivity index (χ1n) is 10.3. The van der Waals surface area contributed by atoms with E-state index in [1.54, 1.807) is 7.11 Å². The summed E-state index contributed by atoms with van der Waals surface area (Å²) in [6.07, 6.45) is 5.96. The largest absolute Gasteiger partial charge is 0.497 e. The second-order valence-electron chi connectivity index (χ2n) is 7.74. The monoisotopic (exact) mass is 383 g/mol. The van der Waals surface area contributed by atoms with Gasteiger partial charge in [0.1, 0.15) is 17.4 Å². The summed E-state index contributed by atoms with van der Waals surface area (Å²) in [7, 11) is 1.67. The third-order valence-corrected chi connectivity index (χ3v) is 5.79. The molecule has 0 radical (unpaired) electrons. The van der Waals surface area contributed by atoms with Crippen molar-refractivity contribution < 1.29 is 9.53 Å². The molecule has 2 aliphatic rings. The summed E-state index contributed by atoms with van der Waals surface area (Å²) in [4.78, 5) is 26.0. The van der Waals surface area contributed by atoms with Crippen molar-refractivity contribution in [1.82, 2.24) is 20.2 Å². The van der Waals surface area contributed by atoms with Gasteiger partial charge in [0.15, 0.2) is 0 Å². The Morgan fingerprint density at radius 3 is 2.57 bits per heavy atom. The lowest BCUT2D eigenvalue weighted by Crippen LogP contribution is -2.54. The van der Waals surface area contributed by atoms with Crippen molar-refractivity contribution in [3.05, 3.63) is 24.0 Å². The lowest BCUT2D eigenvalue weighted by Gasteiger charge is -2.37. The lowest BCUT2D eigenvalue weighted by molar-refractivity contribution is 0.186. The van der Waals surface area contributed by atoms with Gasteiger partial charge < -0.3 is 19.9 Å². The van der Waals surface area contributed by atoms with Gasteiger partial charge in [-0.3, -0.25) is 0 Å². The Hall–Kier alpha value is -2.57. The number of benzene rings is 1. The molecule has 0 unspecified atom stereocenters. The molecular formula is C21H29N5O2. The van der Waals surface area contributed by atoms with Crippen molar-refractivity contribution in [2.45, 2.75) is 45.1 Å². The summed E-state index contributed by atoms with van der Waals surface area (Å²) >= 11 is 0. The number of carbonyl (C=O) groups is 1. The lowest BCUT2D eigenvalue weighted by atomic mass is 9.96. The van der Waals surface area contributed by atoms with Gasteiger partial charge in [-0.25, -0.2) is 14.8 Å². The molecule has 1 aromatic carbocycles. The van der Waals surface area contributed by atoms with Crippen molar-refractivity contribution in [3.8, 4) is 5.75 Å². The smallest absolute Gasteiger partial charge is 0.317 e. The van der Waals surface area contributed by atoms with Crippen LogP contribution < -0.4 is 15.0 Å². The highest BCUT2D eigenvalue weighted by Crippen LogP contribution is 2.28. The molecule has 150 valence electrons. The van der Waals surface area contributed by atoms with Crippen LogP contribution in [0.4, 0.5) is 10.6 Å². The van der Waals surface area contributed by atoms with E-state index >= 15 is 0 Å². The molecule has 7 nitrogen and oxygen atoms in total. The fraction of sp³-hybridized carbons (Fsp3) is 0.571.